The highest BCUT2D eigenvalue weighted by molar-refractivity contribution is 5.80. The van der Waals surface area contributed by atoms with E-state index in [2.05, 4.69) is 11.8 Å². The van der Waals surface area contributed by atoms with Crippen LogP contribution in [0.15, 0.2) is 0 Å². The largest absolute Gasteiger partial charge is 0.343 e. The van der Waals surface area contributed by atoms with Crippen LogP contribution in [0.2, 0.25) is 0 Å². The van der Waals surface area contributed by atoms with Gasteiger partial charge in [-0.2, -0.15) is 0 Å². The van der Waals surface area contributed by atoms with Crippen LogP contribution in [0.25, 0.3) is 0 Å². The van der Waals surface area contributed by atoms with Gasteiger partial charge in [-0.1, -0.05) is 6.92 Å². The number of hydrogen-bond donors (Lipinski definition) is 0. The quantitative estimate of drug-likeness (QED) is 0.645. The SMILES string of the molecule is CCN1CC(C(=O)N(CC)CC)C1. The minimum Gasteiger partial charge on any atom is -0.343 e. The topological polar surface area (TPSA) is 23.6 Å². The summed E-state index contributed by atoms with van der Waals surface area (Å²) in [5.74, 6) is 0.620. The average molecular weight is 184 g/mol. The van der Waals surface area contributed by atoms with E-state index in [-0.39, 0.29) is 5.92 Å². The molecule has 1 fully saturated rings. The van der Waals surface area contributed by atoms with Gasteiger partial charge in [0, 0.05) is 26.2 Å². The van der Waals surface area contributed by atoms with Gasteiger partial charge in [-0.15, -0.1) is 0 Å². The van der Waals surface area contributed by atoms with Gasteiger partial charge in [-0.3, -0.25) is 4.79 Å². The molecule has 0 atom stereocenters. The smallest absolute Gasteiger partial charge is 0.228 e. The second-order valence-corrected chi connectivity index (χ2v) is 3.56. The summed E-state index contributed by atoms with van der Waals surface area (Å²) in [6.07, 6.45) is 0. The van der Waals surface area contributed by atoms with Crippen molar-refractivity contribution in [1.29, 1.82) is 0 Å². The first-order valence-electron chi connectivity index (χ1n) is 5.24. The summed E-state index contributed by atoms with van der Waals surface area (Å²) in [5, 5.41) is 0. The molecule has 0 radical (unpaired) electrons. The summed E-state index contributed by atoms with van der Waals surface area (Å²) in [5.41, 5.74) is 0. The molecule has 1 aliphatic rings. The molecule has 0 saturated carbocycles. The fraction of sp³-hybridized carbons (Fsp3) is 0.900. The first kappa shape index (κ1) is 10.5. The predicted molar refractivity (Wildman–Crippen MR) is 53.5 cm³/mol. The molecule has 1 aliphatic heterocycles. The zero-order valence-corrected chi connectivity index (χ0v) is 8.92. The van der Waals surface area contributed by atoms with Crippen molar-refractivity contribution in [2.24, 2.45) is 5.92 Å². The van der Waals surface area contributed by atoms with Crippen LogP contribution < -0.4 is 0 Å². The molecule has 0 unspecified atom stereocenters. The number of nitrogens with zero attached hydrogens (tertiary/aromatic N) is 2. The lowest BCUT2D eigenvalue weighted by molar-refractivity contribution is -0.140. The molecule has 1 heterocycles. The van der Waals surface area contributed by atoms with Crippen LogP contribution in [0.1, 0.15) is 20.8 Å². The van der Waals surface area contributed by atoms with Gasteiger partial charge in [-0.25, -0.2) is 0 Å². The molecule has 0 aliphatic carbocycles. The molecule has 0 bridgehead atoms. The third-order valence-corrected chi connectivity index (χ3v) is 2.83. The van der Waals surface area contributed by atoms with Crippen LogP contribution in [0, 0.1) is 5.92 Å². The predicted octanol–water partition coefficient (Wildman–Crippen LogP) is 0.806. The second kappa shape index (κ2) is 4.61. The molecule has 3 nitrogen and oxygen atoms in total. The lowest BCUT2D eigenvalue weighted by Gasteiger charge is -2.39. The summed E-state index contributed by atoms with van der Waals surface area (Å²) >= 11 is 0. The third kappa shape index (κ3) is 2.21. The van der Waals surface area contributed by atoms with Gasteiger partial charge in [0.1, 0.15) is 0 Å². The summed E-state index contributed by atoms with van der Waals surface area (Å²) in [4.78, 5) is 16.0. The Bertz CT molecular complexity index is 172. The number of hydrogen-bond acceptors (Lipinski definition) is 2. The van der Waals surface area contributed by atoms with E-state index in [0.717, 1.165) is 32.7 Å². The Morgan fingerprint density at radius 3 is 2.23 bits per heavy atom. The summed E-state index contributed by atoms with van der Waals surface area (Å²) in [6.45, 7) is 10.9. The molecule has 76 valence electrons. The number of rotatable bonds is 4. The van der Waals surface area contributed by atoms with Crippen molar-refractivity contribution >= 4 is 5.91 Å². The molecule has 13 heavy (non-hydrogen) atoms. The molecule has 0 aromatic heterocycles. The Balaban J connectivity index is 2.33. The molecular weight excluding hydrogens is 164 g/mol. The van der Waals surface area contributed by atoms with Gasteiger partial charge in [-0.05, 0) is 20.4 Å². The maximum Gasteiger partial charge on any atom is 0.228 e. The van der Waals surface area contributed by atoms with Gasteiger partial charge in [0.15, 0.2) is 0 Å². The summed E-state index contributed by atoms with van der Waals surface area (Å²) in [7, 11) is 0. The normalized spacial score (nSPS) is 18.4. The average Bonchev–Trinajstić information content (AvgIpc) is 2.04. The van der Waals surface area contributed by atoms with Crippen molar-refractivity contribution in [3.05, 3.63) is 0 Å². The van der Waals surface area contributed by atoms with Crippen molar-refractivity contribution in [2.75, 3.05) is 32.7 Å². The van der Waals surface area contributed by atoms with E-state index in [1.165, 1.54) is 0 Å². The number of likely N-dealkylation sites (tertiary alicyclic amines) is 1. The van der Waals surface area contributed by atoms with Crippen molar-refractivity contribution in [3.63, 3.8) is 0 Å². The lowest BCUT2D eigenvalue weighted by atomic mass is 9.98. The molecule has 3 heteroatoms. The van der Waals surface area contributed by atoms with Gasteiger partial charge < -0.3 is 9.80 Å². The standard InChI is InChI=1S/C10H20N2O/c1-4-11-7-9(8-11)10(13)12(5-2)6-3/h9H,4-8H2,1-3H3. The minimum absolute atomic E-state index is 0.278. The second-order valence-electron chi connectivity index (χ2n) is 3.56. The van der Waals surface area contributed by atoms with E-state index < -0.39 is 0 Å². The van der Waals surface area contributed by atoms with Crippen LogP contribution in [0.3, 0.4) is 0 Å². The molecule has 0 spiro atoms. The van der Waals surface area contributed by atoms with Crippen molar-refractivity contribution in [2.45, 2.75) is 20.8 Å². The maximum atomic E-state index is 11.7. The number of carbonyl (C=O) groups excluding carboxylic acids is 1. The Labute approximate surface area is 80.7 Å². The fourth-order valence-electron chi connectivity index (χ4n) is 1.78. The van der Waals surface area contributed by atoms with E-state index in [0.29, 0.717) is 5.91 Å². The highest BCUT2D eigenvalue weighted by Gasteiger charge is 2.33. The Morgan fingerprint density at radius 1 is 1.31 bits per heavy atom. The van der Waals surface area contributed by atoms with E-state index in [1.807, 2.05) is 18.7 Å². The molecular formula is C10H20N2O. The minimum atomic E-state index is 0.278. The molecule has 1 amide bonds. The van der Waals surface area contributed by atoms with Gasteiger partial charge >= 0.3 is 0 Å². The van der Waals surface area contributed by atoms with E-state index in [1.54, 1.807) is 0 Å². The van der Waals surface area contributed by atoms with Crippen LogP contribution in [0.5, 0.6) is 0 Å². The van der Waals surface area contributed by atoms with E-state index in [9.17, 15) is 4.79 Å². The Hall–Kier alpha value is -0.570. The van der Waals surface area contributed by atoms with Crippen LogP contribution in [-0.2, 0) is 4.79 Å². The Kier molecular flexibility index (Phi) is 3.72. The van der Waals surface area contributed by atoms with Gasteiger partial charge in [0.05, 0.1) is 5.92 Å². The molecule has 0 N–H and O–H groups in total. The van der Waals surface area contributed by atoms with Gasteiger partial charge in [0.25, 0.3) is 0 Å². The van der Waals surface area contributed by atoms with Crippen molar-refractivity contribution < 1.29 is 4.79 Å². The monoisotopic (exact) mass is 184 g/mol. The zero-order valence-electron chi connectivity index (χ0n) is 8.92. The Morgan fingerprint density at radius 2 is 1.85 bits per heavy atom. The van der Waals surface area contributed by atoms with Crippen LogP contribution >= 0.6 is 0 Å². The molecule has 1 saturated heterocycles. The van der Waals surface area contributed by atoms with Crippen molar-refractivity contribution in [3.8, 4) is 0 Å². The number of amides is 1. The zero-order chi connectivity index (χ0) is 9.84. The van der Waals surface area contributed by atoms with E-state index >= 15 is 0 Å². The van der Waals surface area contributed by atoms with E-state index in [4.69, 9.17) is 0 Å². The van der Waals surface area contributed by atoms with Crippen LogP contribution in [0.4, 0.5) is 0 Å². The lowest BCUT2D eigenvalue weighted by Crippen LogP contribution is -2.54. The first-order chi connectivity index (χ1) is 6.22. The molecule has 0 aromatic carbocycles. The summed E-state index contributed by atoms with van der Waals surface area (Å²) < 4.78 is 0. The molecule has 1 rings (SSSR count). The maximum absolute atomic E-state index is 11.7. The fourth-order valence-corrected chi connectivity index (χ4v) is 1.78. The summed E-state index contributed by atoms with van der Waals surface area (Å²) in [6, 6.07) is 0. The highest BCUT2D eigenvalue weighted by atomic mass is 16.2. The highest BCUT2D eigenvalue weighted by Crippen LogP contribution is 2.17. The van der Waals surface area contributed by atoms with Crippen molar-refractivity contribution in [1.82, 2.24) is 9.80 Å². The molecule has 0 aromatic rings. The third-order valence-electron chi connectivity index (χ3n) is 2.83. The first-order valence-corrected chi connectivity index (χ1v) is 5.24. The van der Waals surface area contributed by atoms with Gasteiger partial charge in [0.2, 0.25) is 5.91 Å². The number of carbonyl (C=O) groups is 1. The van der Waals surface area contributed by atoms with Crippen LogP contribution in [-0.4, -0.2) is 48.4 Å².